The van der Waals surface area contributed by atoms with Crippen LogP contribution in [-0.2, 0) is 0 Å². The van der Waals surface area contributed by atoms with E-state index in [0.717, 1.165) is 80.8 Å². The van der Waals surface area contributed by atoms with Gasteiger partial charge in [-0.1, -0.05) is 92.8 Å². The predicted molar refractivity (Wildman–Crippen MR) is 175 cm³/mol. The summed E-state index contributed by atoms with van der Waals surface area (Å²) in [5.74, 6) is 0.223. The number of rotatable bonds is 4. The molecule has 0 saturated heterocycles. The number of benzene rings is 4. The van der Waals surface area contributed by atoms with Crippen molar-refractivity contribution in [2.24, 2.45) is 5.41 Å². The van der Waals surface area contributed by atoms with Crippen LogP contribution < -0.4 is 0 Å². The van der Waals surface area contributed by atoms with Crippen molar-refractivity contribution in [1.29, 1.82) is 0 Å². The number of hydrogen-bond donors (Lipinski definition) is 0. The molecular formula is C40H34O2. The van der Waals surface area contributed by atoms with Crippen LogP contribution in [-0.4, -0.2) is 11.6 Å². The molecule has 0 heterocycles. The second kappa shape index (κ2) is 9.77. The van der Waals surface area contributed by atoms with E-state index in [1.807, 2.05) is 42.5 Å². The highest BCUT2D eigenvalue weighted by atomic mass is 16.1. The summed E-state index contributed by atoms with van der Waals surface area (Å²) in [6.07, 6.45) is 9.91. The maximum absolute atomic E-state index is 13.5. The molecule has 0 amide bonds. The number of allylic oxidation sites excluding steroid dienone is 9. The minimum atomic E-state index is 0.0475. The van der Waals surface area contributed by atoms with Gasteiger partial charge in [0.1, 0.15) is 0 Å². The van der Waals surface area contributed by atoms with Crippen molar-refractivity contribution < 1.29 is 9.59 Å². The van der Waals surface area contributed by atoms with E-state index >= 15 is 0 Å². The quantitative estimate of drug-likeness (QED) is 0.239. The lowest BCUT2D eigenvalue weighted by atomic mass is 9.74. The van der Waals surface area contributed by atoms with E-state index in [4.69, 9.17) is 0 Å². The molecule has 0 fully saturated rings. The zero-order valence-corrected chi connectivity index (χ0v) is 24.5. The number of carbonyl (C=O) groups is 2. The number of carbonyl (C=O) groups excluding carboxylic acids is 2. The lowest BCUT2D eigenvalue weighted by Gasteiger charge is -2.31. The molecule has 2 nitrogen and oxygen atoms in total. The van der Waals surface area contributed by atoms with Crippen molar-refractivity contribution in [3.8, 4) is 0 Å². The van der Waals surface area contributed by atoms with Crippen LogP contribution in [0, 0.1) is 5.41 Å². The molecule has 3 aliphatic carbocycles. The highest BCUT2D eigenvalue weighted by Crippen LogP contribution is 2.43. The topological polar surface area (TPSA) is 34.1 Å². The number of ketones is 2. The monoisotopic (exact) mass is 546 g/mol. The van der Waals surface area contributed by atoms with Gasteiger partial charge in [-0.3, -0.25) is 9.59 Å². The molecule has 206 valence electrons. The average Bonchev–Trinajstić information content (AvgIpc) is 3.34. The van der Waals surface area contributed by atoms with Gasteiger partial charge in [-0.05, 0) is 112 Å². The first-order valence-electron chi connectivity index (χ1n) is 14.8. The molecule has 0 bridgehead atoms. The van der Waals surface area contributed by atoms with E-state index in [1.165, 1.54) is 16.5 Å². The Balaban J connectivity index is 1.14. The van der Waals surface area contributed by atoms with Crippen LogP contribution in [0.2, 0.25) is 0 Å². The first-order chi connectivity index (χ1) is 20.2. The van der Waals surface area contributed by atoms with E-state index < -0.39 is 0 Å². The third kappa shape index (κ3) is 4.43. The van der Waals surface area contributed by atoms with Crippen molar-refractivity contribution in [3.05, 3.63) is 142 Å². The maximum atomic E-state index is 13.5. The second-order valence-electron chi connectivity index (χ2n) is 12.9. The van der Waals surface area contributed by atoms with Gasteiger partial charge < -0.3 is 0 Å². The molecular weight excluding hydrogens is 512 g/mol. The Bertz CT molecular complexity index is 1950. The smallest absolute Gasteiger partial charge is 0.194 e. The van der Waals surface area contributed by atoms with Crippen LogP contribution in [0.4, 0.5) is 0 Å². The van der Waals surface area contributed by atoms with Gasteiger partial charge in [0.05, 0.1) is 0 Å². The van der Waals surface area contributed by atoms with Crippen molar-refractivity contribution in [3.63, 3.8) is 0 Å². The largest absolute Gasteiger partial charge is 0.289 e. The Kier molecular flexibility index (Phi) is 6.13. The van der Waals surface area contributed by atoms with Crippen molar-refractivity contribution in [2.75, 3.05) is 0 Å². The van der Waals surface area contributed by atoms with Gasteiger partial charge >= 0.3 is 0 Å². The Morgan fingerprint density at radius 1 is 0.714 bits per heavy atom. The first-order valence-corrected chi connectivity index (χ1v) is 14.8. The summed E-state index contributed by atoms with van der Waals surface area (Å²) in [6.45, 7) is 11.0. The van der Waals surface area contributed by atoms with Gasteiger partial charge in [0, 0.05) is 22.3 Å². The van der Waals surface area contributed by atoms with Gasteiger partial charge in [0.15, 0.2) is 11.6 Å². The predicted octanol–water partition coefficient (Wildman–Crippen LogP) is 10.3. The molecule has 0 atom stereocenters. The highest BCUT2D eigenvalue weighted by Gasteiger charge is 2.31. The van der Waals surface area contributed by atoms with Crippen LogP contribution in [0.25, 0.3) is 32.7 Å². The number of hydrogen-bond acceptors (Lipinski definition) is 2. The molecule has 0 spiro atoms. The zero-order valence-electron chi connectivity index (χ0n) is 24.5. The molecule has 42 heavy (non-hydrogen) atoms. The summed E-state index contributed by atoms with van der Waals surface area (Å²) < 4.78 is 0. The van der Waals surface area contributed by atoms with Gasteiger partial charge in [-0.2, -0.15) is 0 Å². The summed E-state index contributed by atoms with van der Waals surface area (Å²) >= 11 is 0. The Hall–Kier alpha value is -4.56. The number of fused-ring (bicyclic) bond motifs is 4. The number of Topliss-reactive ketones (excluding diaryl/α,β-unsaturated/α-hetero) is 2. The fraction of sp³-hybridized carbons (Fsp3) is 0.200. The van der Waals surface area contributed by atoms with E-state index in [1.54, 1.807) is 0 Å². The standard InChI is InChI=1S/C40H34O2/c1-24-32(38(41)36-20-30-11-7-5-9-28(30)18-34(24)36)15-13-26-17-27(23-40(3,4)22-26)14-16-33-25(2)35-19-29-10-6-8-12-31(29)21-37(35)39(33)42/h5-13,15,17-21H,1,14,16,22-23H2,2-4H3/b26-13-,32-15-. The first kappa shape index (κ1) is 26.3. The lowest BCUT2D eigenvalue weighted by molar-refractivity contribution is 0.103. The maximum Gasteiger partial charge on any atom is 0.194 e. The SMILES string of the molecule is C=C1/C(=C/C=C2/C=C(CCC3=C(C)c4cc5ccccc5cc4C3=O)CC(C)(C)C2)C(=O)c2cc3ccccc3cc21. The fourth-order valence-corrected chi connectivity index (χ4v) is 7.15. The molecule has 4 aromatic rings. The summed E-state index contributed by atoms with van der Waals surface area (Å²) in [4.78, 5) is 26.8. The minimum Gasteiger partial charge on any atom is -0.289 e. The minimum absolute atomic E-state index is 0.0475. The molecule has 0 aromatic heterocycles. The Morgan fingerprint density at radius 2 is 1.26 bits per heavy atom. The fourth-order valence-electron chi connectivity index (χ4n) is 7.15. The van der Waals surface area contributed by atoms with Crippen molar-refractivity contribution in [2.45, 2.75) is 46.5 Å². The molecule has 3 aliphatic rings. The normalized spacial score (nSPS) is 19.8. The van der Waals surface area contributed by atoms with E-state index in [2.05, 4.69) is 75.9 Å². The molecule has 2 heteroatoms. The van der Waals surface area contributed by atoms with Crippen LogP contribution in [0.1, 0.15) is 78.3 Å². The van der Waals surface area contributed by atoms with Crippen LogP contribution in [0.5, 0.6) is 0 Å². The third-order valence-electron chi connectivity index (χ3n) is 9.22. The van der Waals surface area contributed by atoms with Crippen molar-refractivity contribution in [1.82, 2.24) is 0 Å². The van der Waals surface area contributed by atoms with Crippen LogP contribution >= 0.6 is 0 Å². The zero-order chi connectivity index (χ0) is 29.2. The second-order valence-corrected chi connectivity index (χ2v) is 12.9. The molecule has 0 unspecified atom stereocenters. The third-order valence-corrected chi connectivity index (χ3v) is 9.22. The molecule has 0 saturated carbocycles. The van der Waals surface area contributed by atoms with Gasteiger partial charge in [-0.25, -0.2) is 0 Å². The van der Waals surface area contributed by atoms with Crippen LogP contribution in [0.15, 0.2) is 120 Å². The molecule has 4 aromatic carbocycles. The molecule has 7 rings (SSSR count). The van der Waals surface area contributed by atoms with E-state index in [9.17, 15) is 9.59 Å². The highest BCUT2D eigenvalue weighted by molar-refractivity contribution is 6.27. The van der Waals surface area contributed by atoms with E-state index in [0.29, 0.717) is 5.57 Å². The summed E-state index contributed by atoms with van der Waals surface area (Å²) in [6, 6.07) is 24.7. The van der Waals surface area contributed by atoms with E-state index in [-0.39, 0.29) is 17.0 Å². The van der Waals surface area contributed by atoms with Gasteiger partial charge in [0.2, 0.25) is 0 Å². The van der Waals surface area contributed by atoms with Gasteiger partial charge in [0.25, 0.3) is 0 Å². The Morgan fingerprint density at radius 3 is 1.88 bits per heavy atom. The summed E-state index contributed by atoms with van der Waals surface area (Å²) in [5.41, 5.74) is 9.79. The lowest BCUT2D eigenvalue weighted by Crippen LogP contribution is -2.17. The van der Waals surface area contributed by atoms with Crippen molar-refractivity contribution >= 4 is 44.3 Å². The van der Waals surface area contributed by atoms with Crippen LogP contribution in [0.3, 0.4) is 0 Å². The average molecular weight is 547 g/mol. The molecule has 0 radical (unpaired) electrons. The summed E-state index contributed by atoms with van der Waals surface area (Å²) in [7, 11) is 0. The summed E-state index contributed by atoms with van der Waals surface area (Å²) in [5, 5.41) is 4.47. The molecule has 0 N–H and O–H groups in total. The Labute approximate surface area is 247 Å². The van der Waals surface area contributed by atoms with Gasteiger partial charge in [-0.15, -0.1) is 0 Å². The molecule has 0 aliphatic heterocycles.